The van der Waals surface area contributed by atoms with Crippen LogP contribution in [0.25, 0.3) is 11.3 Å². The number of carbonyl (C=O) groups excluding carboxylic acids is 1. The third-order valence-corrected chi connectivity index (χ3v) is 5.32. The number of amides is 1. The summed E-state index contributed by atoms with van der Waals surface area (Å²) in [6.45, 7) is 2.05. The Labute approximate surface area is 149 Å². The zero-order valence-electron chi connectivity index (χ0n) is 13.8. The molecule has 0 saturated carbocycles. The van der Waals surface area contributed by atoms with Gasteiger partial charge in [-0.1, -0.05) is 11.6 Å². The maximum absolute atomic E-state index is 13.0. The minimum absolute atomic E-state index is 0.278. The Morgan fingerprint density at radius 2 is 2.00 bits per heavy atom. The fourth-order valence-corrected chi connectivity index (χ4v) is 4.10. The number of halogens is 1. The minimum atomic E-state index is -0.336. The van der Waals surface area contributed by atoms with Gasteiger partial charge in [-0.15, -0.1) is 11.8 Å². The van der Waals surface area contributed by atoms with E-state index in [2.05, 4.69) is 35.5 Å². The molecule has 2 heterocycles. The number of nitrogens with zero attached hydrogens (tertiary/aromatic N) is 2. The van der Waals surface area contributed by atoms with E-state index in [1.807, 2.05) is 7.05 Å². The highest BCUT2D eigenvalue weighted by molar-refractivity contribution is 7.98. The number of aryl methyl sites for hydroxylation is 2. The van der Waals surface area contributed by atoms with Crippen molar-refractivity contribution in [1.82, 2.24) is 9.78 Å². The Morgan fingerprint density at radius 3 is 2.76 bits per heavy atom. The van der Waals surface area contributed by atoms with Crippen molar-refractivity contribution in [3.63, 3.8) is 0 Å². The summed E-state index contributed by atoms with van der Waals surface area (Å²) in [5.74, 6) is 0.0857. The molecule has 3 aromatic rings. The summed E-state index contributed by atoms with van der Waals surface area (Å²) in [6, 6.07) is 12.0. The number of rotatable bonds is 2. The smallest absolute Gasteiger partial charge is 0.276 e. The molecule has 0 aliphatic carbocycles. The van der Waals surface area contributed by atoms with Crippen LogP contribution in [0, 0.1) is 12.7 Å². The molecule has 0 saturated heterocycles. The van der Waals surface area contributed by atoms with Gasteiger partial charge in [0.2, 0.25) is 0 Å². The van der Waals surface area contributed by atoms with Crippen LogP contribution in [-0.2, 0) is 12.8 Å². The molecule has 0 spiro atoms. The maximum Gasteiger partial charge on any atom is 0.276 e. The van der Waals surface area contributed by atoms with Crippen LogP contribution in [0.2, 0.25) is 0 Å². The van der Waals surface area contributed by atoms with Gasteiger partial charge in [-0.05, 0) is 43.3 Å². The number of hydrogen-bond acceptors (Lipinski definition) is 3. The van der Waals surface area contributed by atoms with Gasteiger partial charge < -0.3 is 5.32 Å². The molecule has 0 bridgehead atoms. The van der Waals surface area contributed by atoms with Crippen molar-refractivity contribution in [3.05, 3.63) is 65.1 Å². The molecule has 4 rings (SSSR count). The predicted molar refractivity (Wildman–Crippen MR) is 97.3 cm³/mol. The van der Waals surface area contributed by atoms with Gasteiger partial charge in [0.05, 0.1) is 5.69 Å². The summed E-state index contributed by atoms with van der Waals surface area (Å²) >= 11 is 1.71. The van der Waals surface area contributed by atoms with E-state index in [0.717, 1.165) is 16.8 Å². The molecule has 1 aliphatic heterocycles. The summed E-state index contributed by atoms with van der Waals surface area (Å²) in [5.41, 5.74) is 5.17. The van der Waals surface area contributed by atoms with Crippen LogP contribution in [0.1, 0.15) is 21.6 Å². The standard InChI is InChI=1S/C19H16FN3OS/c1-11-3-8-16-14(9-11)18-15(10-25-16)17(22-23(18)2)19(24)21-13-6-4-12(20)5-7-13/h3-9H,10H2,1-2H3,(H,21,24). The van der Waals surface area contributed by atoms with Gasteiger partial charge in [-0.2, -0.15) is 5.10 Å². The molecule has 0 radical (unpaired) electrons. The molecule has 1 aromatic heterocycles. The zero-order chi connectivity index (χ0) is 17.6. The molecule has 1 amide bonds. The predicted octanol–water partition coefficient (Wildman–Crippen LogP) is 4.39. The van der Waals surface area contributed by atoms with Crippen LogP contribution >= 0.6 is 11.8 Å². The lowest BCUT2D eigenvalue weighted by Crippen LogP contribution is -2.15. The number of benzene rings is 2. The van der Waals surface area contributed by atoms with Crippen LogP contribution in [-0.4, -0.2) is 15.7 Å². The Balaban J connectivity index is 1.72. The molecule has 0 unspecified atom stereocenters. The number of hydrogen-bond donors (Lipinski definition) is 1. The Hall–Kier alpha value is -2.60. The Morgan fingerprint density at radius 1 is 1.24 bits per heavy atom. The van der Waals surface area contributed by atoms with Crippen molar-refractivity contribution in [2.45, 2.75) is 17.6 Å². The zero-order valence-corrected chi connectivity index (χ0v) is 14.7. The SMILES string of the molecule is Cc1ccc2c(c1)-c1c(c(C(=O)Nc3ccc(F)cc3)nn1C)CS2. The second kappa shape index (κ2) is 6.04. The number of aromatic nitrogens is 2. The summed E-state index contributed by atoms with van der Waals surface area (Å²) < 4.78 is 14.8. The number of carbonyl (C=O) groups is 1. The van der Waals surface area contributed by atoms with E-state index in [0.29, 0.717) is 17.1 Å². The topological polar surface area (TPSA) is 46.9 Å². The summed E-state index contributed by atoms with van der Waals surface area (Å²) in [5, 5.41) is 7.25. The third kappa shape index (κ3) is 2.82. The van der Waals surface area contributed by atoms with Gasteiger partial charge in [-0.3, -0.25) is 9.48 Å². The molecule has 25 heavy (non-hydrogen) atoms. The van der Waals surface area contributed by atoms with Gasteiger partial charge >= 0.3 is 0 Å². The molecule has 4 nitrogen and oxygen atoms in total. The van der Waals surface area contributed by atoms with Crippen molar-refractivity contribution in [2.75, 3.05) is 5.32 Å². The van der Waals surface area contributed by atoms with Gasteiger partial charge in [0.15, 0.2) is 5.69 Å². The number of anilines is 1. The molecule has 6 heteroatoms. The van der Waals surface area contributed by atoms with Gasteiger partial charge in [0.25, 0.3) is 5.91 Å². The first-order chi connectivity index (χ1) is 12.0. The van der Waals surface area contributed by atoms with Crippen LogP contribution < -0.4 is 5.32 Å². The molecule has 1 N–H and O–H groups in total. The molecule has 126 valence electrons. The highest BCUT2D eigenvalue weighted by Crippen LogP contribution is 2.42. The fourth-order valence-electron chi connectivity index (χ4n) is 3.05. The van der Waals surface area contributed by atoms with Gasteiger partial charge in [-0.25, -0.2) is 4.39 Å². The molecule has 1 aliphatic rings. The minimum Gasteiger partial charge on any atom is -0.321 e. The lowest BCUT2D eigenvalue weighted by Gasteiger charge is -2.17. The summed E-state index contributed by atoms with van der Waals surface area (Å²) in [7, 11) is 1.86. The Bertz CT molecular complexity index is 979. The molecular formula is C19H16FN3OS. The van der Waals surface area contributed by atoms with Gasteiger partial charge in [0.1, 0.15) is 5.82 Å². The monoisotopic (exact) mass is 353 g/mol. The lowest BCUT2D eigenvalue weighted by molar-refractivity contribution is 0.102. The van der Waals surface area contributed by atoms with Crippen molar-refractivity contribution >= 4 is 23.4 Å². The highest BCUT2D eigenvalue weighted by Gasteiger charge is 2.27. The summed E-state index contributed by atoms with van der Waals surface area (Å²) in [6.07, 6.45) is 0. The Kier molecular flexibility index (Phi) is 3.84. The molecular weight excluding hydrogens is 337 g/mol. The quantitative estimate of drug-likeness (QED) is 0.743. The molecule has 2 aromatic carbocycles. The third-order valence-electron chi connectivity index (χ3n) is 4.22. The van der Waals surface area contributed by atoms with Crippen molar-refractivity contribution in [1.29, 1.82) is 0 Å². The van der Waals surface area contributed by atoms with Crippen LogP contribution in [0.4, 0.5) is 10.1 Å². The average molecular weight is 353 g/mol. The van der Waals surface area contributed by atoms with E-state index in [1.165, 1.54) is 34.7 Å². The van der Waals surface area contributed by atoms with Crippen LogP contribution in [0.5, 0.6) is 0 Å². The number of nitrogens with one attached hydrogen (secondary N) is 1. The van der Waals surface area contributed by atoms with Crippen molar-refractivity contribution < 1.29 is 9.18 Å². The second-order valence-corrected chi connectivity index (χ2v) is 7.07. The highest BCUT2D eigenvalue weighted by atomic mass is 32.2. The van der Waals surface area contributed by atoms with Crippen molar-refractivity contribution in [2.24, 2.45) is 7.05 Å². The van der Waals surface area contributed by atoms with E-state index < -0.39 is 0 Å². The second-order valence-electron chi connectivity index (χ2n) is 6.05. The normalized spacial score (nSPS) is 12.4. The molecule has 0 atom stereocenters. The van der Waals surface area contributed by atoms with Crippen LogP contribution in [0.3, 0.4) is 0 Å². The largest absolute Gasteiger partial charge is 0.321 e. The summed E-state index contributed by atoms with van der Waals surface area (Å²) in [4.78, 5) is 13.9. The first-order valence-corrected chi connectivity index (χ1v) is 8.88. The van der Waals surface area contributed by atoms with Crippen molar-refractivity contribution in [3.8, 4) is 11.3 Å². The maximum atomic E-state index is 13.0. The van der Waals surface area contributed by atoms with E-state index in [-0.39, 0.29) is 11.7 Å². The number of fused-ring (bicyclic) bond motifs is 3. The first-order valence-electron chi connectivity index (χ1n) is 7.89. The number of thioether (sulfide) groups is 1. The molecule has 0 fully saturated rings. The lowest BCUT2D eigenvalue weighted by atomic mass is 10.0. The fraction of sp³-hybridized carbons (Fsp3) is 0.158. The van der Waals surface area contributed by atoms with E-state index in [1.54, 1.807) is 16.4 Å². The first kappa shape index (κ1) is 15.9. The van der Waals surface area contributed by atoms with E-state index >= 15 is 0 Å². The average Bonchev–Trinajstić information content (AvgIpc) is 2.94. The van der Waals surface area contributed by atoms with Gasteiger partial charge in [0, 0.05) is 34.5 Å². The van der Waals surface area contributed by atoms with E-state index in [9.17, 15) is 9.18 Å². The van der Waals surface area contributed by atoms with Crippen LogP contribution in [0.15, 0.2) is 47.4 Å². The van der Waals surface area contributed by atoms with E-state index in [4.69, 9.17) is 0 Å².